The van der Waals surface area contributed by atoms with Crippen LogP contribution in [0.1, 0.15) is 15.9 Å². The van der Waals surface area contributed by atoms with E-state index in [0.717, 1.165) is 11.8 Å². The second kappa shape index (κ2) is 4.03. The van der Waals surface area contributed by atoms with Crippen LogP contribution in [-0.4, -0.2) is 11.1 Å². The monoisotopic (exact) mass is 208 g/mol. The number of carboxylic acid groups (broad SMARTS) is 1. The Bertz CT molecular complexity index is 424. The Morgan fingerprint density at radius 3 is 2.79 bits per heavy atom. The van der Waals surface area contributed by atoms with E-state index in [-0.39, 0.29) is 5.56 Å². The number of hydrogen-bond acceptors (Lipinski definition) is 4. The highest BCUT2D eigenvalue weighted by Crippen LogP contribution is 2.27. The zero-order valence-corrected chi connectivity index (χ0v) is 8.26. The van der Waals surface area contributed by atoms with Gasteiger partial charge in [-0.25, -0.2) is 4.79 Å². The van der Waals surface area contributed by atoms with Crippen LogP contribution < -0.4 is 5.73 Å². The second-order valence-corrected chi connectivity index (χ2v) is 3.48. The summed E-state index contributed by atoms with van der Waals surface area (Å²) in [4.78, 5) is 11.3. The van der Waals surface area contributed by atoms with Gasteiger partial charge in [0, 0.05) is 10.6 Å². The second-order valence-electron chi connectivity index (χ2n) is 2.65. The van der Waals surface area contributed by atoms with Crippen LogP contribution in [-0.2, 0) is 0 Å². The number of benzene rings is 1. The molecule has 0 aliphatic rings. The molecular formula is C9H8N2O2S. The minimum absolute atomic E-state index is 0.108. The minimum atomic E-state index is -1.06. The molecule has 0 radical (unpaired) electrons. The highest BCUT2D eigenvalue weighted by atomic mass is 32.2. The lowest BCUT2D eigenvalue weighted by Gasteiger charge is -2.07. The average molecular weight is 208 g/mol. The Kier molecular flexibility index (Phi) is 2.99. The molecule has 0 heterocycles. The lowest BCUT2D eigenvalue weighted by Crippen LogP contribution is -2.04. The molecule has 0 unspecified atom stereocenters. The Morgan fingerprint density at radius 2 is 2.29 bits per heavy atom. The third kappa shape index (κ3) is 1.80. The van der Waals surface area contributed by atoms with Crippen LogP contribution in [0.25, 0.3) is 0 Å². The predicted molar refractivity (Wildman–Crippen MR) is 54.0 cm³/mol. The predicted octanol–water partition coefficient (Wildman–Crippen LogP) is 1.85. The molecule has 0 aromatic heterocycles. The van der Waals surface area contributed by atoms with Crippen molar-refractivity contribution in [1.29, 1.82) is 5.26 Å². The number of anilines is 1. The molecule has 14 heavy (non-hydrogen) atoms. The van der Waals surface area contributed by atoms with Gasteiger partial charge in [0.2, 0.25) is 0 Å². The summed E-state index contributed by atoms with van der Waals surface area (Å²) < 4.78 is 0. The largest absolute Gasteiger partial charge is 0.478 e. The van der Waals surface area contributed by atoms with Crippen LogP contribution in [0.4, 0.5) is 5.69 Å². The fourth-order valence-electron chi connectivity index (χ4n) is 1.10. The molecule has 4 nitrogen and oxygen atoms in total. The fourth-order valence-corrected chi connectivity index (χ4v) is 1.68. The van der Waals surface area contributed by atoms with Gasteiger partial charge in [0.15, 0.2) is 0 Å². The van der Waals surface area contributed by atoms with Crippen molar-refractivity contribution in [1.82, 2.24) is 0 Å². The molecule has 0 amide bonds. The maximum absolute atomic E-state index is 10.9. The van der Waals surface area contributed by atoms with E-state index in [1.54, 1.807) is 19.1 Å². The normalized spacial score (nSPS) is 9.43. The first-order chi connectivity index (χ1) is 6.57. The maximum atomic E-state index is 10.9. The van der Waals surface area contributed by atoms with Crippen molar-refractivity contribution in [2.24, 2.45) is 0 Å². The Morgan fingerprint density at radius 1 is 1.64 bits per heavy atom. The Labute approximate surface area is 85.3 Å². The van der Waals surface area contributed by atoms with Crippen LogP contribution in [0.15, 0.2) is 17.0 Å². The lowest BCUT2D eigenvalue weighted by atomic mass is 10.1. The van der Waals surface area contributed by atoms with E-state index in [9.17, 15) is 4.79 Å². The zero-order chi connectivity index (χ0) is 10.7. The van der Waals surface area contributed by atoms with Gasteiger partial charge in [-0.2, -0.15) is 5.26 Å². The van der Waals surface area contributed by atoms with E-state index < -0.39 is 5.97 Å². The SMILES string of the molecule is Cc1c(N)ccc(SC#N)c1C(=O)O. The van der Waals surface area contributed by atoms with E-state index in [1.165, 1.54) is 0 Å². The standard InChI is InChI=1S/C9H8N2O2S/c1-5-6(11)2-3-7(14-4-10)8(5)9(12)13/h2-3H,11H2,1H3,(H,12,13). The van der Waals surface area contributed by atoms with Crippen LogP contribution in [0.2, 0.25) is 0 Å². The molecule has 0 fully saturated rings. The molecule has 0 bridgehead atoms. The quantitative estimate of drug-likeness (QED) is 0.440. The molecule has 5 heteroatoms. The number of thioether (sulfide) groups is 1. The summed E-state index contributed by atoms with van der Waals surface area (Å²) >= 11 is 0.822. The van der Waals surface area contributed by atoms with E-state index in [0.29, 0.717) is 16.1 Å². The van der Waals surface area contributed by atoms with Gasteiger partial charge < -0.3 is 10.8 Å². The van der Waals surface area contributed by atoms with Crippen molar-refractivity contribution in [3.8, 4) is 5.40 Å². The molecule has 1 rings (SSSR count). The van der Waals surface area contributed by atoms with Gasteiger partial charge in [-0.3, -0.25) is 0 Å². The van der Waals surface area contributed by atoms with Gasteiger partial charge in [-0.15, -0.1) is 0 Å². The number of carboxylic acids is 1. The number of rotatable bonds is 2. The van der Waals surface area contributed by atoms with Crippen molar-refractivity contribution in [3.63, 3.8) is 0 Å². The van der Waals surface area contributed by atoms with Gasteiger partial charge >= 0.3 is 5.97 Å². The molecule has 0 atom stereocenters. The van der Waals surface area contributed by atoms with Crippen molar-refractivity contribution < 1.29 is 9.90 Å². The van der Waals surface area contributed by atoms with Gasteiger partial charge in [-0.1, -0.05) is 0 Å². The van der Waals surface area contributed by atoms with Gasteiger partial charge in [0.1, 0.15) is 5.40 Å². The van der Waals surface area contributed by atoms with E-state index in [1.807, 2.05) is 5.40 Å². The number of nitrogens with two attached hydrogens (primary N) is 1. The number of nitrogen functional groups attached to an aromatic ring is 1. The molecule has 0 aliphatic heterocycles. The van der Waals surface area contributed by atoms with Crippen LogP contribution in [0.3, 0.4) is 0 Å². The number of nitriles is 1. The maximum Gasteiger partial charge on any atom is 0.337 e. The third-order valence-electron chi connectivity index (χ3n) is 1.84. The third-order valence-corrected chi connectivity index (χ3v) is 2.49. The van der Waals surface area contributed by atoms with Crippen molar-refractivity contribution >= 4 is 23.4 Å². The zero-order valence-electron chi connectivity index (χ0n) is 7.44. The minimum Gasteiger partial charge on any atom is -0.478 e. The van der Waals surface area contributed by atoms with Gasteiger partial charge in [0.05, 0.1) is 5.56 Å². The van der Waals surface area contributed by atoms with Gasteiger partial charge in [0.25, 0.3) is 0 Å². The Hall–Kier alpha value is -1.67. The molecule has 0 spiro atoms. The number of hydrogen-bond donors (Lipinski definition) is 2. The van der Waals surface area contributed by atoms with Gasteiger partial charge in [-0.05, 0) is 36.4 Å². The number of nitrogens with zero attached hydrogens (tertiary/aromatic N) is 1. The molecule has 0 saturated heterocycles. The van der Waals surface area contributed by atoms with E-state index >= 15 is 0 Å². The highest BCUT2D eigenvalue weighted by molar-refractivity contribution is 8.03. The highest BCUT2D eigenvalue weighted by Gasteiger charge is 2.15. The first kappa shape index (κ1) is 10.4. The van der Waals surface area contributed by atoms with Crippen LogP contribution in [0.5, 0.6) is 0 Å². The summed E-state index contributed by atoms with van der Waals surface area (Å²) in [5.41, 5.74) is 6.59. The molecule has 3 N–H and O–H groups in total. The fraction of sp³-hybridized carbons (Fsp3) is 0.111. The summed E-state index contributed by atoms with van der Waals surface area (Å²) in [5, 5.41) is 19.2. The first-order valence-corrected chi connectivity index (χ1v) is 4.58. The number of thiocyanates is 1. The molecular weight excluding hydrogens is 200 g/mol. The van der Waals surface area contributed by atoms with Crippen LogP contribution in [0, 0.1) is 17.6 Å². The number of carbonyl (C=O) groups is 1. The number of aromatic carboxylic acids is 1. The molecule has 0 saturated carbocycles. The average Bonchev–Trinajstić information content (AvgIpc) is 2.11. The van der Waals surface area contributed by atoms with Crippen molar-refractivity contribution in [2.45, 2.75) is 11.8 Å². The van der Waals surface area contributed by atoms with Crippen molar-refractivity contribution in [2.75, 3.05) is 5.73 Å². The Balaban J connectivity index is 3.39. The molecule has 1 aromatic rings. The first-order valence-electron chi connectivity index (χ1n) is 3.76. The van der Waals surface area contributed by atoms with Crippen molar-refractivity contribution in [3.05, 3.63) is 23.3 Å². The lowest BCUT2D eigenvalue weighted by molar-refractivity contribution is 0.0692. The van der Waals surface area contributed by atoms with E-state index in [4.69, 9.17) is 16.1 Å². The molecule has 0 aliphatic carbocycles. The van der Waals surface area contributed by atoms with Crippen LogP contribution >= 0.6 is 11.8 Å². The summed E-state index contributed by atoms with van der Waals surface area (Å²) in [5.74, 6) is -1.06. The summed E-state index contributed by atoms with van der Waals surface area (Å²) in [7, 11) is 0. The summed E-state index contributed by atoms with van der Waals surface area (Å²) in [6, 6.07) is 3.14. The summed E-state index contributed by atoms with van der Waals surface area (Å²) in [6.45, 7) is 1.63. The topological polar surface area (TPSA) is 87.1 Å². The van der Waals surface area contributed by atoms with E-state index in [2.05, 4.69) is 0 Å². The molecule has 72 valence electrons. The smallest absolute Gasteiger partial charge is 0.337 e. The molecule has 1 aromatic carbocycles. The summed E-state index contributed by atoms with van der Waals surface area (Å²) in [6.07, 6.45) is 0.